The van der Waals surface area contributed by atoms with Crippen LogP contribution in [0.15, 0.2) is 4.99 Å². The standard InChI is InChI=1S/C20H38N10O7/c21-6-2-1-4-11(28-16(33)10(22)8-14(23)31)17(34)30-13(9-15(24)32)18(35)29-12(19(36)37)5-3-7-27-20(25)26/h10-13H,1-9,21-22H2,(H2,23,31)(H2,24,32)(H,28,33)(H,29,35)(H,30,34)(H,36,37)(H4,25,26,27). The van der Waals surface area contributed by atoms with Gasteiger partial charge >= 0.3 is 5.97 Å². The molecule has 0 fully saturated rings. The molecule has 0 aliphatic carbocycles. The first-order valence-electron chi connectivity index (χ1n) is 11.5. The summed E-state index contributed by atoms with van der Waals surface area (Å²) < 4.78 is 0. The summed E-state index contributed by atoms with van der Waals surface area (Å²) in [5.41, 5.74) is 31.7. The van der Waals surface area contributed by atoms with Crippen molar-refractivity contribution in [1.82, 2.24) is 16.0 Å². The lowest BCUT2D eigenvalue weighted by atomic mass is 10.1. The quantitative estimate of drug-likeness (QED) is 0.0427. The zero-order chi connectivity index (χ0) is 28.5. The highest BCUT2D eigenvalue weighted by molar-refractivity contribution is 5.96. The zero-order valence-electron chi connectivity index (χ0n) is 20.5. The number of carboxylic acid groups (broad SMARTS) is 1. The number of nitrogens with one attached hydrogen (secondary N) is 3. The van der Waals surface area contributed by atoms with Crippen LogP contribution in [0.2, 0.25) is 0 Å². The molecule has 4 unspecified atom stereocenters. The van der Waals surface area contributed by atoms with Gasteiger partial charge in [-0.3, -0.25) is 29.0 Å². The van der Waals surface area contributed by atoms with Crippen molar-refractivity contribution in [3.63, 3.8) is 0 Å². The Morgan fingerprint density at radius 1 is 0.703 bits per heavy atom. The Morgan fingerprint density at radius 3 is 1.73 bits per heavy atom. The number of aliphatic imine (C=N–C) groups is 1. The normalized spacial score (nSPS) is 13.8. The van der Waals surface area contributed by atoms with Gasteiger partial charge in [0.1, 0.15) is 18.1 Å². The van der Waals surface area contributed by atoms with Crippen LogP contribution in [0.1, 0.15) is 44.9 Å². The fourth-order valence-corrected chi connectivity index (χ4v) is 3.07. The molecule has 4 atom stereocenters. The first-order chi connectivity index (χ1) is 17.3. The van der Waals surface area contributed by atoms with Gasteiger partial charge in [0.2, 0.25) is 29.5 Å². The number of hydrogen-bond donors (Lipinski definition) is 10. The second-order valence-corrected chi connectivity index (χ2v) is 8.20. The summed E-state index contributed by atoms with van der Waals surface area (Å²) in [6, 6.07) is -5.45. The third-order valence-electron chi connectivity index (χ3n) is 4.94. The van der Waals surface area contributed by atoms with Crippen molar-refractivity contribution in [2.75, 3.05) is 13.1 Å². The van der Waals surface area contributed by atoms with Gasteiger partial charge in [0.25, 0.3) is 0 Å². The Kier molecular flexibility index (Phi) is 15.6. The van der Waals surface area contributed by atoms with Gasteiger partial charge in [-0.05, 0) is 38.6 Å². The zero-order valence-corrected chi connectivity index (χ0v) is 20.5. The summed E-state index contributed by atoms with van der Waals surface area (Å²) >= 11 is 0. The van der Waals surface area contributed by atoms with Gasteiger partial charge in [-0.25, -0.2) is 4.79 Å². The largest absolute Gasteiger partial charge is 0.480 e. The fourth-order valence-electron chi connectivity index (χ4n) is 3.07. The average Bonchev–Trinajstić information content (AvgIpc) is 2.78. The van der Waals surface area contributed by atoms with Gasteiger partial charge in [-0.15, -0.1) is 0 Å². The molecule has 37 heavy (non-hydrogen) atoms. The van der Waals surface area contributed by atoms with Crippen molar-refractivity contribution in [3.8, 4) is 0 Å². The molecule has 0 bridgehead atoms. The predicted molar refractivity (Wildman–Crippen MR) is 132 cm³/mol. The number of amides is 5. The molecule has 0 saturated heterocycles. The van der Waals surface area contributed by atoms with Gasteiger partial charge in [0.15, 0.2) is 5.96 Å². The van der Waals surface area contributed by atoms with Gasteiger partial charge in [0.05, 0.1) is 18.9 Å². The van der Waals surface area contributed by atoms with E-state index in [2.05, 4.69) is 20.9 Å². The number of primary amides is 2. The SMILES string of the molecule is NCCCCC(NC(=O)C(N)CC(N)=O)C(=O)NC(CC(N)=O)C(=O)NC(CCCN=C(N)N)C(=O)O. The molecule has 210 valence electrons. The number of hydrogen-bond acceptors (Lipinski definition) is 9. The molecule has 0 aromatic rings. The topological polar surface area (TPSA) is 327 Å². The van der Waals surface area contributed by atoms with Crippen molar-refractivity contribution in [3.05, 3.63) is 0 Å². The Hall–Kier alpha value is -3.99. The summed E-state index contributed by atoms with van der Waals surface area (Å²) in [4.78, 5) is 75.9. The number of unbranched alkanes of at least 4 members (excludes halogenated alkanes) is 1. The molecule has 0 rings (SSSR count). The maximum atomic E-state index is 12.9. The Morgan fingerprint density at radius 2 is 1.22 bits per heavy atom. The molecule has 16 N–H and O–H groups in total. The monoisotopic (exact) mass is 530 g/mol. The molecule has 0 aromatic carbocycles. The Bertz CT molecular complexity index is 847. The van der Waals surface area contributed by atoms with Crippen LogP contribution < -0.4 is 50.4 Å². The third-order valence-corrected chi connectivity index (χ3v) is 4.94. The number of rotatable bonds is 19. The number of guanidine groups is 1. The number of carboxylic acids is 1. The van der Waals surface area contributed by atoms with Gasteiger partial charge in [0, 0.05) is 6.54 Å². The number of carbonyl (C=O) groups excluding carboxylic acids is 5. The van der Waals surface area contributed by atoms with Crippen molar-refractivity contribution in [1.29, 1.82) is 0 Å². The van der Waals surface area contributed by atoms with E-state index in [1.54, 1.807) is 0 Å². The maximum absolute atomic E-state index is 12.9. The lowest BCUT2D eigenvalue weighted by Crippen LogP contribution is -2.58. The second kappa shape index (κ2) is 17.4. The number of carbonyl (C=O) groups is 6. The van der Waals surface area contributed by atoms with Crippen LogP contribution in [0, 0.1) is 0 Å². The molecular formula is C20H38N10O7. The molecule has 0 spiro atoms. The molecule has 0 aliphatic rings. The molecular weight excluding hydrogens is 492 g/mol. The van der Waals surface area contributed by atoms with Gasteiger partial charge in [-0.1, -0.05) is 0 Å². The third kappa shape index (κ3) is 14.9. The summed E-state index contributed by atoms with van der Waals surface area (Å²) in [5.74, 6) is -6.00. The highest BCUT2D eigenvalue weighted by atomic mass is 16.4. The minimum Gasteiger partial charge on any atom is -0.480 e. The number of aliphatic carboxylic acids is 1. The smallest absolute Gasteiger partial charge is 0.326 e. The first kappa shape index (κ1) is 33.0. The highest BCUT2D eigenvalue weighted by Crippen LogP contribution is 2.05. The molecule has 0 saturated carbocycles. The van der Waals surface area contributed by atoms with Crippen molar-refractivity contribution < 1.29 is 33.9 Å². The highest BCUT2D eigenvalue weighted by Gasteiger charge is 2.31. The fraction of sp³-hybridized carbons (Fsp3) is 0.650. The minimum atomic E-state index is -1.54. The Labute approximate surface area is 213 Å². The molecule has 0 heterocycles. The summed E-state index contributed by atoms with van der Waals surface area (Å²) in [6.45, 7) is 0.432. The van der Waals surface area contributed by atoms with Crippen LogP contribution in [0.5, 0.6) is 0 Å². The van der Waals surface area contributed by atoms with Crippen LogP contribution in [0.4, 0.5) is 0 Å². The van der Waals surface area contributed by atoms with Gasteiger partial charge < -0.3 is 55.5 Å². The van der Waals surface area contributed by atoms with Crippen molar-refractivity contribution in [2.45, 2.75) is 69.1 Å². The first-order valence-corrected chi connectivity index (χ1v) is 11.5. The predicted octanol–water partition coefficient (Wildman–Crippen LogP) is -5.21. The van der Waals surface area contributed by atoms with Crippen LogP contribution >= 0.6 is 0 Å². The average molecular weight is 531 g/mol. The van der Waals surface area contributed by atoms with E-state index in [4.69, 9.17) is 34.4 Å². The van der Waals surface area contributed by atoms with E-state index < -0.39 is 72.5 Å². The number of nitrogens with two attached hydrogens (primary N) is 6. The van der Waals surface area contributed by atoms with E-state index >= 15 is 0 Å². The summed E-state index contributed by atoms with van der Waals surface area (Å²) in [6.07, 6.45) is 0.0543. The van der Waals surface area contributed by atoms with Crippen LogP contribution in [0.25, 0.3) is 0 Å². The van der Waals surface area contributed by atoms with Crippen LogP contribution in [-0.4, -0.2) is 83.8 Å². The van der Waals surface area contributed by atoms with E-state index in [9.17, 15) is 33.9 Å². The van der Waals surface area contributed by atoms with Crippen molar-refractivity contribution >= 4 is 41.5 Å². The van der Waals surface area contributed by atoms with Crippen molar-refractivity contribution in [2.24, 2.45) is 39.4 Å². The Balaban J connectivity index is 5.51. The number of nitrogens with zero attached hydrogens (tertiary/aromatic N) is 1. The van der Waals surface area contributed by atoms with E-state index in [1.807, 2.05) is 0 Å². The molecule has 0 radical (unpaired) electrons. The minimum absolute atomic E-state index is 0.0510. The van der Waals surface area contributed by atoms with Crippen LogP contribution in [-0.2, 0) is 28.8 Å². The van der Waals surface area contributed by atoms with Crippen LogP contribution in [0.3, 0.4) is 0 Å². The van der Waals surface area contributed by atoms with E-state index in [0.717, 1.165) is 0 Å². The van der Waals surface area contributed by atoms with E-state index in [-0.39, 0.29) is 31.8 Å². The molecule has 17 heteroatoms. The van der Waals surface area contributed by atoms with E-state index in [1.165, 1.54) is 0 Å². The molecule has 0 aromatic heterocycles. The molecule has 17 nitrogen and oxygen atoms in total. The van der Waals surface area contributed by atoms with Gasteiger partial charge in [-0.2, -0.15) is 0 Å². The maximum Gasteiger partial charge on any atom is 0.326 e. The summed E-state index contributed by atoms with van der Waals surface area (Å²) in [5, 5.41) is 16.3. The van der Waals surface area contributed by atoms with E-state index in [0.29, 0.717) is 19.4 Å². The molecule has 5 amide bonds. The second-order valence-electron chi connectivity index (χ2n) is 8.20. The lowest BCUT2D eigenvalue weighted by Gasteiger charge is -2.24. The summed E-state index contributed by atoms with van der Waals surface area (Å²) in [7, 11) is 0. The molecule has 0 aliphatic heterocycles. The lowest BCUT2D eigenvalue weighted by molar-refractivity contribution is -0.142.